The largest absolute Gasteiger partial charge is 0.493 e. The van der Waals surface area contributed by atoms with Gasteiger partial charge in [-0.25, -0.2) is 5.43 Å². The van der Waals surface area contributed by atoms with Crippen LogP contribution in [0.3, 0.4) is 0 Å². The standard InChI is InChI=1S/C21H24N2O5/c1-13-6-7-14(2)21(15(13)3)27-12-20(25)23-22-11-17-8-9-18(28-16(4)24)19(10-17)26-5/h6-11H,12H2,1-5H3,(H,23,25). The molecule has 0 aliphatic rings. The van der Waals surface area contributed by atoms with Crippen LogP contribution in [0.5, 0.6) is 17.2 Å². The zero-order valence-electron chi connectivity index (χ0n) is 16.7. The first-order valence-electron chi connectivity index (χ1n) is 8.69. The van der Waals surface area contributed by atoms with Crippen LogP contribution >= 0.6 is 0 Å². The molecule has 0 radical (unpaired) electrons. The van der Waals surface area contributed by atoms with Gasteiger partial charge in [0.2, 0.25) is 0 Å². The van der Waals surface area contributed by atoms with E-state index in [1.807, 2.05) is 32.9 Å². The second kappa shape index (κ2) is 9.55. The minimum Gasteiger partial charge on any atom is -0.493 e. The maximum atomic E-state index is 12.0. The molecule has 2 rings (SSSR count). The van der Waals surface area contributed by atoms with Gasteiger partial charge >= 0.3 is 5.97 Å². The van der Waals surface area contributed by atoms with Crippen LogP contribution < -0.4 is 19.6 Å². The number of benzene rings is 2. The Bertz CT molecular complexity index is 906. The lowest BCUT2D eigenvalue weighted by Crippen LogP contribution is -2.25. The molecule has 0 saturated heterocycles. The summed E-state index contributed by atoms with van der Waals surface area (Å²) in [5, 5.41) is 3.91. The van der Waals surface area contributed by atoms with Crippen molar-refractivity contribution in [2.24, 2.45) is 5.10 Å². The van der Waals surface area contributed by atoms with E-state index in [0.29, 0.717) is 22.8 Å². The van der Waals surface area contributed by atoms with Crippen molar-refractivity contribution in [1.29, 1.82) is 0 Å². The first-order chi connectivity index (χ1) is 13.3. The summed E-state index contributed by atoms with van der Waals surface area (Å²) in [4.78, 5) is 23.1. The number of rotatable bonds is 7. The minimum atomic E-state index is -0.439. The molecule has 2 aromatic rings. The number of ether oxygens (including phenoxy) is 3. The summed E-state index contributed by atoms with van der Waals surface area (Å²) in [5.41, 5.74) is 6.17. The number of hydrogen-bond acceptors (Lipinski definition) is 6. The van der Waals surface area contributed by atoms with E-state index in [1.54, 1.807) is 18.2 Å². The first kappa shape index (κ1) is 21.0. The monoisotopic (exact) mass is 384 g/mol. The number of carbonyl (C=O) groups excluding carboxylic acids is 2. The van der Waals surface area contributed by atoms with Gasteiger partial charge in [-0.3, -0.25) is 9.59 Å². The second-order valence-corrected chi connectivity index (χ2v) is 6.24. The summed E-state index contributed by atoms with van der Waals surface area (Å²) in [5.74, 6) is 0.601. The normalized spacial score (nSPS) is 10.6. The molecule has 0 heterocycles. The molecule has 28 heavy (non-hydrogen) atoms. The van der Waals surface area contributed by atoms with Crippen LogP contribution in [0.1, 0.15) is 29.2 Å². The second-order valence-electron chi connectivity index (χ2n) is 6.24. The fourth-order valence-electron chi connectivity index (χ4n) is 2.50. The lowest BCUT2D eigenvalue weighted by Gasteiger charge is -2.13. The Hall–Kier alpha value is -3.35. The van der Waals surface area contributed by atoms with E-state index < -0.39 is 5.97 Å². The predicted molar refractivity (Wildman–Crippen MR) is 106 cm³/mol. The van der Waals surface area contributed by atoms with Crippen molar-refractivity contribution < 1.29 is 23.8 Å². The third-order valence-electron chi connectivity index (χ3n) is 4.07. The van der Waals surface area contributed by atoms with Crippen molar-refractivity contribution in [3.8, 4) is 17.2 Å². The van der Waals surface area contributed by atoms with Gasteiger partial charge in [0, 0.05) is 6.92 Å². The molecule has 1 amide bonds. The maximum Gasteiger partial charge on any atom is 0.308 e. The number of esters is 1. The quantitative estimate of drug-likeness (QED) is 0.343. The third-order valence-corrected chi connectivity index (χ3v) is 4.07. The molecule has 0 saturated carbocycles. The van der Waals surface area contributed by atoms with Crippen LogP contribution in [0.4, 0.5) is 0 Å². The van der Waals surface area contributed by atoms with Gasteiger partial charge in [0.15, 0.2) is 18.1 Å². The zero-order chi connectivity index (χ0) is 20.7. The summed E-state index contributed by atoms with van der Waals surface area (Å²) in [6, 6.07) is 8.90. The number of nitrogens with one attached hydrogen (secondary N) is 1. The van der Waals surface area contributed by atoms with E-state index in [1.165, 1.54) is 20.2 Å². The van der Waals surface area contributed by atoms with E-state index >= 15 is 0 Å². The molecule has 0 fully saturated rings. The van der Waals surface area contributed by atoms with E-state index in [0.717, 1.165) is 16.7 Å². The van der Waals surface area contributed by atoms with Crippen LogP contribution in [0.15, 0.2) is 35.4 Å². The molecule has 1 N–H and O–H groups in total. The number of hydrogen-bond donors (Lipinski definition) is 1. The number of amides is 1. The van der Waals surface area contributed by atoms with Crippen LogP contribution in [-0.4, -0.2) is 31.8 Å². The SMILES string of the molecule is COc1cc(C=NNC(=O)COc2c(C)ccc(C)c2C)ccc1OC(C)=O. The lowest BCUT2D eigenvalue weighted by molar-refractivity contribution is -0.132. The van der Waals surface area contributed by atoms with Crippen molar-refractivity contribution in [3.63, 3.8) is 0 Å². The Balaban J connectivity index is 1.95. The van der Waals surface area contributed by atoms with Gasteiger partial charge in [0.05, 0.1) is 13.3 Å². The minimum absolute atomic E-state index is 0.142. The third kappa shape index (κ3) is 5.57. The van der Waals surface area contributed by atoms with Gasteiger partial charge in [-0.15, -0.1) is 0 Å². The average Bonchev–Trinajstić information content (AvgIpc) is 2.65. The lowest BCUT2D eigenvalue weighted by atomic mass is 10.1. The average molecular weight is 384 g/mol. The molecule has 148 valence electrons. The van der Waals surface area contributed by atoms with E-state index in [2.05, 4.69) is 10.5 Å². The fraction of sp³-hybridized carbons (Fsp3) is 0.286. The summed E-state index contributed by atoms with van der Waals surface area (Å²) in [6.45, 7) is 7.06. The Labute approximate surface area is 164 Å². The number of carbonyl (C=O) groups is 2. The fourth-order valence-corrected chi connectivity index (χ4v) is 2.50. The molecule has 0 aromatic heterocycles. The highest BCUT2D eigenvalue weighted by Crippen LogP contribution is 2.28. The summed E-state index contributed by atoms with van der Waals surface area (Å²) in [6.07, 6.45) is 1.46. The number of nitrogens with zero attached hydrogens (tertiary/aromatic N) is 1. The molecular formula is C21H24N2O5. The smallest absolute Gasteiger partial charge is 0.308 e. The molecule has 7 nitrogen and oxygen atoms in total. The molecule has 7 heteroatoms. The molecule has 0 bridgehead atoms. The van der Waals surface area contributed by atoms with Gasteiger partial charge in [0.25, 0.3) is 5.91 Å². The molecule has 0 unspecified atom stereocenters. The van der Waals surface area contributed by atoms with Crippen molar-refractivity contribution in [2.45, 2.75) is 27.7 Å². The van der Waals surface area contributed by atoms with Gasteiger partial charge in [-0.1, -0.05) is 12.1 Å². The van der Waals surface area contributed by atoms with Crippen molar-refractivity contribution in [1.82, 2.24) is 5.43 Å². The Morgan fingerprint density at radius 2 is 1.79 bits per heavy atom. The molecule has 0 spiro atoms. The molecular weight excluding hydrogens is 360 g/mol. The van der Waals surface area contributed by atoms with Crippen LogP contribution in [0, 0.1) is 20.8 Å². The Morgan fingerprint density at radius 3 is 2.46 bits per heavy atom. The van der Waals surface area contributed by atoms with Crippen LogP contribution in [-0.2, 0) is 9.59 Å². The van der Waals surface area contributed by atoms with Gasteiger partial charge in [0.1, 0.15) is 5.75 Å². The predicted octanol–water partition coefficient (Wildman–Crippen LogP) is 3.07. The Kier molecular flexibility index (Phi) is 7.14. The van der Waals surface area contributed by atoms with Gasteiger partial charge < -0.3 is 14.2 Å². The van der Waals surface area contributed by atoms with Crippen molar-refractivity contribution in [2.75, 3.05) is 13.7 Å². The van der Waals surface area contributed by atoms with Crippen LogP contribution in [0.25, 0.3) is 0 Å². The highest BCUT2D eigenvalue weighted by molar-refractivity contribution is 5.84. The number of aryl methyl sites for hydroxylation is 2. The summed E-state index contributed by atoms with van der Waals surface area (Å²) < 4.78 is 15.9. The number of methoxy groups -OCH3 is 1. The van der Waals surface area contributed by atoms with Crippen LogP contribution in [0.2, 0.25) is 0 Å². The van der Waals surface area contributed by atoms with Crippen molar-refractivity contribution in [3.05, 3.63) is 52.6 Å². The summed E-state index contributed by atoms with van der Waals surface area (Å²) in [7, 11) is 1.47. The van der Waals surface area contributed by atoms with Gasteiger partial charge in [-0.05, 0) is 61.2 Å². The van der Waals surface area contributed by atoms with E-state index in [-0.39, 0.29) is 12.5 Å². The summed E-state index contributed by atoms with van der Waals surface area (Å²) >= 11 is 0. The molecule has 0 aliphatic carbocycles. The molecule has 0 aliphatic heterocycles. The number of hydrazone groups is 1. The van der Waals surface area contributed by atoms with E-state index in [4.69, 9.17) is 14.2 Å². The van der Waals surface area contributed by atoms with E-state index in [9.17, 15) is 9.59 Å². The molecule has 2 aromatic carbocycles. The Morgan fingerprint density at radius 1 is 1.07 bits per heavy atom. The first-order valence-corrected chi connectivity index (χ1v) is 8.69. The maximum absolute atomic E-state index is 12.0. The zero-order valence-corrected chi connectivity index (χ0v) is 16.7. The topological polar surface area (TPSA) is 86.2 Å². The molecule has 0 atom stereocenters. The highest BCUT2D eigenvalue weighted by Gasteiger charge is 2.09. The highest BCUT2D eigenvalue weighted by atomic mass is 16.6. The van der Waals surface area contributed by atoms with Crippen molar-refractivity contribution >= 4 is 18.1 Å². The van der Waals surface area contributed by atoms with Gasteiger partial charge in [-0.2, -0.15) is 5.10 Å².